The molecule has 3 aromatic carbocycles. The van der Waals surface area contributed by atoms with Crippen LogP contribution in [-0.4, -0.2) is 0 Å². The minimum Gasteiger partial charge on any atom is -0.207 e. The van der Waals surface area contributed by atoms with Gasteiger partial charge in [0.2, 0.25) is 0 Å². The van der Waals surface area contributed by atoms with E-state index in [1.165, 1.54) is 34.4 Å². The number of allylic oxidation sites excluding steroid dienone is 6. The second kappa shape index (κ2) is 7.37. The molecule has 126 valence electrons. The van der Waals surface area contributed by atoms with E-state index in [2.05, 4.69) is 72.8 Å². The van der Waals surface area contributed by atoms with E-state index in [1.54, 1.807) is 0 Å². The van der Waals surface area contributed by atoms with E-state index in [0.29, 0.717) is 0 Å². The van der Waals surface area contributed by atoms with Gasteiger partial charge in [0.15, 0.2) is 0 Å². The van der Waals surface area contributed by atoms with Crippen LogP contribution >= 0.6 is 0 Å². The van der Waals surface area contributed by atoms with Gasteiger partial charge in [-0.1, -0.05) is 85.0 Å². The molecule has 0 aromatic heterocycles. The van der Waals surface area contributed by atoms with Gasteiger partial charge >= 0.3 is 0 Å². The van der Waals surface area contributed by atoms with Crippen molar-refractivity contribution in [3.63, 3.8) is 0 Å². The second-order valence-electron chi connectivity index (χ2n) is 6.34. The van der Waals surface area contributed by atoms with E-state index in [-0.39, 0.29) is 5.82 Å². The Balaban J connectivity index is 1.61. The molecule has 0 bridgehead atoms. The highest BCUT2D eigenvalue weighted by Crippen LogP contribution is 2.28. The van der Waals surface area contributed by atoms with Gasteiger partial charge in [0, 0.05) is 0 Å². The lowest BCUT2D eigenvalue weighted by Gasteiger charge is -2.06. The van der Waals surface area contributed by atoms with Crippen LogP contribution in [-0.2, 0) is 0 Å². The van der Waals surface area contributed by atoms with Crippen molar-refractivity contribution >= 4 is 11.1 Å². The van der Waals surface area contributed by atoms with Crippen LogP contribution < -0.4 is 0 Å². The number of benzene rings is 3. The molecule has 0 heterocycles. The molecular formula is C25H19F. The molecule has 0 radical (unpaired) electrons. The van der Waals surface area contributed by atoms with Gasteiger partial charge in [-0.05, 0) is 58.0 Å². The molecule has 1 heteroatoms. The first-order valence-electron chi connectivity index (χ1n) is 8.80. The van der Waals surface area contributed by atoms with E-state index in [4.69, 9.17) is 0 Å². The fourth-order valence-corrected chi connectivity index (χ4v) is 3.21. The average molecular weight is 338 g/mol. The fraction of sp³-hybridized carbons (Fsp3) is 0.0400. The predicted octanol–water partition coefficient (Wildman–Crippen LogP) is 6.92. The van der Waals surface area contributed by atoms with Crippen LogP contribution in [0.25, 0.3) is 22.3 Å². The predicted molar refractivity (Wildman–Crippen MR) is 108 cm³/mol. The second-order valence-corrected chi connectivity index (χ2v) is 6.34. The van der Waals surface area contributed by atoms with Gasteiger partial charge in [-0.3, -0.25) is 0 Å². The molecule has 0 amide bonds. The van der Waals surface area contributed by atoms with Crippen molar-refractivity contribution in [2.24, 2.45) is 0 Å². The lowest BCUT2D eigenvalue weighted by molar-refractivity contribution is 0.627. The topological polar surface area (TPSA) is 0 Å². The van der Waals surface area contributed by atoms with E-state index >= 15 is 0 Å². The van der Waals surface area contributed by atoms with E-state index in [0.717, 1.165) is 17.6 Å². The SMILES string of the molecule is Fc1ccc(C2=CCC=C(c3cccc(-c4ccccc4)c3)C=C2)cc1. The Morgan fingerprint density at radius 2 is 1.15 bits per heavy atom. The molecule has 0 spiro atoms. The van der Waals surface area contributed by atoms with Crippen molar-refractivity contribution in [1.82, 2.24) is 0 Å². The lowest BCUT2D eigenvalue weighted by atomic mass is 9.98. The Bertz CT molecular complexity index is 990. The third-order valence-corrected chi connectivity index (χ3v) is 4.60. The normalized spacial score (nSPS) is 13.7. The minimum atomic E-state index is -0.205. The highest BCUT2D eigenvalue weighted by molar-refractivity contribution is 5.84. The Labute approximate surface area is 153 Å². The highest BCUT2D eigenvalue weighted by Gasteiger charge is 2.06. The van der Waals surface area contributed by atoms with Crippen molar-refractivity contribution < 1.29 is 4.39 Å². The molecule has 0 nitrogen and oxygen atoms in total. The summed E-state index contributed by atoms with van der Waals surface area (Å²) in [5.74, 6) is -0.205. The summed E-state index contributed by atoms with van der Waals surface area (Å²) in [6.45, 7) is 0. The van der Waals surface area contributed by atoms with Gasteiger partial charge in [0.05, 0.1) is 0 Å². The molecule has 0 atom stereocenters. The van der Waals surface area contributed by atoms with Crippen LogP contribution in [0.3, 0.4) is 0 Å². The lowest BCUT2D eigenvalue weighted by Crippen LogP contribution is -1.84. The molecule has 0 saturated carbocycles. The molecule has 1 aliphatic carbocycles. The third kappa shape index (κ3) is 3.57. The van der Waals surface area contributed by atoms with Crippen LogP contribution in [0.15, 0.2) is 103 Å². The average Bonchev–Trinajstić information content (AvgIpc) is 2.96. The summed E-state index contributed by atoms with van der Waals surface area (Å²) in [7, 11) is 0. The maximum absolute atomic E-state index is 13.1. The molecule has 0 unspecified atom stereocenters. The first-order valence-corrected chi connectivity index (χ1v) is 8.80. The Hall–Kier alpha value is -3.19. The molecule has 26 heavy (non-hydrogen) atoms. The van der Waals surface area contributed by atoms with Gasteiger partial charge in [-0.15, -0.1) is 0 Å². The third-order valence-electron chi connectivity index (χ3n) is 4.60. The molecule has 3 aromatic rings. The maximum atomic E-state index is 13.1. The van der Waals surface area contributed by atoms with Crippen LogP contribution in [0.1, 0.15) is 17.5 Å². The number of hydrogen-bond donors (Lipinski definition) is 0. The van der Waals surface area contributed by atoms with Crippen LogP contribution in [0.5, 0.6) is 0 Å². The first kappa shape index (κ1) is 16.3. The van der Waals surface area contributed by atoms with E-state index < -0.39 is 0 Å². The van der Waals surface area contributed by atoms with Crippen molar-refractivity contribution in [1.29, 1.82) is 0 Å². The van der Waals surface area contributed by atoms with Crippen molar-refractivity contribution in [3.05, 3.63) is 120 Å². The summed E-state index contributed by atoms with van der Waals surface area (Å²) < 4.78 is 13.1. The molecule has 0 N–H and O–H groups in total. The molecule has 0 saturated heterocycles. The van der Waals surface area contributed by atoms with Crippen LogP contribution in [0.2, 0.25) is 0 Å². The zero-order valence-corrected chi connectivity index (χ0v) is 14.4. The van der Waals surface area contributed by atoms with Crippen molar-refractivity contribution in [3.8, 4) is 11.1 Å². The van der Waals surface area contributed by atoms with Crippen LogP contribution in [0.4, 0.5) is 4.39 Å². The van der Waals surface area contributed by atoms with Crippen molar-refractivity contribution in [2.75, 3.05) is 0 Å². The fourth-order valence-electron chi connectivity index (χ4n) is 3.21. The molecule has 0 aliphatic heterocycles. The van der Waals surface area contributed by atoms with Gasteiger partial charge in [-0.2, -0.15) is 0 Å². The summed E-state index contributed by atoms with van der Waals surface area (Å²) in [4.78, 5) is 0. The Morgan fingerprint density at radius 3 is 1.88 bits per heavy atom. The highest BCUT2D eigenvalue weighted by atomic mass is 19.1. The van der Waals surface area contributed by atoms with Crippen molar-refractivity contribution in [2.45, 2.75) is 6.42 Å². The standard InChI is InChI=1S/C25H19F/c26-25-16-14-22(15-17-25)20-8-4-9-21(13-12-20)24-11-5-10-23(18-24)19-6-2-1-3-7-19/h1-3,5-18H,4H2. The van der Waals surface area contributed by atoms with Gasteiger partial charge in [-0.25, -0.2) is 4.39 Å². The summed E-state index contributed by atoms with van der Waals surface area (Å²) in [6.07, 6.45) is 9.52. The quantitative estimate of drug-likeness (QED) is 0.486. The van der Waals surface area contributed by atoms with Crippen LogP contribution in [0, 0.1) is 5.82 Å². The monoisotopic (exact) mass is 338 g/mol. The Kier molecular flexibility index (Phi) is 4.61. The van der Waals surface area contributed by atoms with E-state index in [1.807, 2.05) is 18.2 Å². The number of rotatable bonds is 3. The smallest absolute Gasteiger partial charge is 0.123 e. The maximum Gasteiger partial charge on any atom is 0.123 e. The number of halogens is 1. The zero-order valence-electron chi connectivity index (χ0n) is 14.4. The number of hydrogen-bond acceptors (Lipinski definition) is 0. The van der Waals surface area contributed by atoms with E-state index in [9.17, 15) is 4.39 Å². The summed E-state index contributed by atoms with van der Waals surface area (Å²) in [6, 6.07) is 25.7. The molecule has 4 rings (SSSR count). The largest absolute Gasteiger partial charge is 0.207 e. The molecule has 1 aliphatic rings. The summed E-state index contributed by atoms with van der Waals surface area (Å²) in [5.41, 5.74) is 7.00. The molecule has 0 fully saturated rings. The first-order chi connectivity index (χ1) is 12.8. The summed E-state index contributed by atoms with van der Waals surface area (Å²) in [5, 5.41) is 0. The van der Waals surface area contributed by atoms with Gasteiger partial charge in [0.1, 0.15) is 5.82 Å². The molecular weight excluding hydrogens is 319 g/mol. The minimum absolute atomic E-state index is 0.205. The zero-order chi connectivity index (χ0) is 17.8. The summed E-state index contributed by atoms with van der Waals surface area (Å²) >= 11 is 0. The van der Waals surface area contributed by atoms with Gasteiger partial charge in [0.25, 0.3) is 0 Å². The Morgan fingerprint density at radius 1 is 0.538 bits per heavy atom. The van der Waals surface area contributed by atoms with Gasteiger partial charge < -0.3 is 0 Å².